The van der Waals surface area contributed by atoms with Crippen LogP contribution in [0.1, 0.15) is 49.3 Å². The van der Waals surface area contributed by atoms with Crippen LogP contribution in [0.15, 0.2) is 47.6 Å². The number of amides is 2. The van der Waals surface area contributed by atoms with Crippen LogP contribution in [0.4, 0.5) is 4.39 Å². The minimum absolute atomic E-state index is 0.0199. The van der Waals surface area contributed by atoms with Gasteiger partial charge in [0.25, 0.3) is 5.91 Å². The van der Waals surface area contributed by atoms with Gasteiger partial charge in [0.1, 0.15) is 23.9 Å². The number of likely N-dealkylation sites (N-methyl/N-ethyl adjacent to an activating group) is 1. The molecule has 7 nitrogen and oxygen atoms in total. The summed E-state index contributed by atoms with van der Waals surface area (Å²) in [6.07, 6.45) is 4.11. The van der Waals surface area contributed by atoms with Crippen LogP contribution in [-0.2, 0) is 9.59 Å². The van der Waals surface area contributed by atoms with Crippen molar-refractivity contribution in [1.82, 2.24) is 9.91 Å². The van der Waals surface area contributed by atoms with Crippen LogP contribution in [0.5, 0.6) is 11.5 Å². The molecular formula is C26H30FN3O4. The molecular weight excluding hydrogens is 437 g/mol. The van der Waals surface area contributed by atoms with E-state index in [1.54, 1.807) is 51.6 Å². The van der Waals surface area contributed by atoms with Crippen molar-refractivity contribution in [3.63, 3.8) is 0 Å². The van der Waals surface area contributed by atoms with Crippen LogP contribution in [0.2, 0.25) is 0 Å². The smallest absolute Gasteiger partial charge is 0.262 e. The number of halogens is 1. The van der Waals surface area contributed by atoms with Gasteiger partial charge in [-0.25, -0.2) is 9.40 Å². The number of hydrogen-bond acceptors (Lipinski definition) is 5. The van der Waals surface area contributed by atoms with Crippen molar-refractivity contribution in [2.45, 2.75) is 38.1 Å². The Hall–Kier alpha value is -3.42. The molecule has 0 bridgehead atoms. The summed E-state index contributed by atoms with van der Waals surface area (Å²) in [6.45, 7) is -0.114. The Morgan fingerprint density at radius 3 is 2.53 bits per heavy atom. The van der Waals surface area contributed by atoms with Gasteiger partial charge in [0.05, 0.1) is 26.0 Å². The van der Waals surface area contributed by atoms with Crippen molar-refractivity contribution < 1.29 is 23.5 Å². The molecule has 2 aliphatic rings. The van der Waals surface area contributed by atoms with Gasteiger partial charge < -0.3 is 14.4 Å². The second-order valence-electron chi connectivity index (χ2n) is 8.77. The number of nitrogens with zero attached hydrogens (tertiary/aromatic N) is 3. The second kappa shape index (κ2) is 10.2. The molecule has 8 heteroatoms. The zero-order valence-electron chi connectivity index (χ0n) is 19.8. The lowest BCUT2D eigenvalue weighted by atomic mass is 9.97. The Labute approximate surface area is 199 Å². The Morgan fingerprint density at radius 1 is 1.12 bits per heavy atom. The van der Waals surface area contributed by atoms with E-state index in [1.807, 2.05) is 6.07 Å². The fraction of sp³-hybridized carbons (Fsp3) is 0.423. The highest BCUT2D eigenvalue weighted by atomic mass is 19.1. The third-order valence-electron chi connectivity index (χ3n) is 6.60. The predicted molar refractivity (Wildman–Crippen MR) is 126 cm³/mol. The zero-order valence-corrected chi connectivity index (χ0v) is 19.8. The highest BCUT2D eigenvalue weighted by Crippen LogP contribution is 2.37. The van der Waals surface area contributed by atoms with E-state index in [0.29, 0.717) is 34.8 Å². The predicted octanol–water partition coefficient (Wildman–Crippen LogP) is 4.17. The average molecular weight is 468 g/mol. The lowest BCUT2D eigenvalue weighted by Crippen LogP contribution is -2.41. The monoisotopic (exact) mass is 467 g/mol. The van der Waals surface area contributed by atoms with Crippen molar-refractivity contribution in [1.29, 1.82) is 0 Å². The van der Waals surface area contributed by atoms with Crippen LogP contribution in [0, 0.1) is 11.7 Å². The Bertz CT molecular complexity index is 1100. The highest BCUT2D eigenvalue weighted by Gasteiger charge is 2.36. The molecule has 0 aromatic heterocycles. The SMILES string of the molecule is COc1ccc(C2=NN(C(=O)CN(C)C(=O)C3CCCC3)[C@H](c3ccccc3F)C2)c(OC)c1. The third kappa shape index (κ3) is 4.76. The summed E-state index contributed by atoms with van der Waals surface area (Å²) in [6, 6.07) is 11.1. The first-order valence-corrected chi connectivity index (χ1v) is 11.5. The van der Waals surface area contributed by atoms with Gasteiger partial charge >= 0.3 is 0 Å². The average Bonchev–Trinajstić information content (AvgIpc) is 3.54. The van der Waals surface area contributed by atoms with Gasteiger partial charge in [-0.1, -0.05) is 31.0 Å². The first kappa shape index (κ1) is 23.7. The Balaban J connectivity index is 1.63. The lowest BCUT2D eigenvalue weighted by molar-refractivity contribution is -0.142. The maximum Gasteiger partial charge on any atom is 0.262 e. The Morgan fingerprint density at radius 2 is 1.85 bits per heavy atom. The van der Waals surface area contributed by atoms with Crippen LogP contribution in [-0.4, -0.2) is 55.2 Å². The number of rotatable bonds is 7. The van der Waals surface area contributed by atoms with Crippen molar-refractivity contribution in [3.05, 3.63) is 59.4 Å². The molecule has 1 saturated carbocycles. The molecule has 1 atom stereocenters. The minimum atomic E-state index is -0.620. The van der Waals surface area contributed by atoms with Crippen LogP contribution in [0.25, 0.3) is 0 Å². The van der Waals surface area contributed by atoms with Gasteiger partial charge in [-0.3, -0.25) is 9.59 Å². The summed E-state index contributed by atoms with van der Waals surface area (Å²) in [5.41, 5.74) is 1.69. The van der Waals surface area contributed by atoms with Gasteiger partial charge in [-0.05, 0) is 31.0 Å². The molecule has 2 aromatic rings. The first-order valence-electron chi connectivity index (χ1n) is 11.5. The van der Waals surface area contributed by atoms with Crippen molar-refractivity contribution in [2.24, 2.45) is 11.0 Å². The molecule has 0 saturated heterocycles. The molecule has 1 fully saturated rings. The number of hydrogen-bond donors (Lipinski definition) is 0. The Kier molecular flexibility index (Phi) is 7.14. The van der Waals surface area contributed by atoms with E-state index in [0.717, 1.165) is 25.7 Å². The molecule has 1 aliphatic carbocycles. The molecule has 2 amide bonds. The number of benzene rings is 2. The molecule has 34 heavy (non-hydrogen) atoms. The van der Waals surface area contributed by atoms with Crippen molar-refractivity contribution in [3.8, 4) is 11.5 Å². The maximum atomic E-state index is 14.8. The van der Waals surface area contributed by atoms with Gasteiger partial charge in [0.15, 0.2) is 0 Å². The lowest BCUT2D eigenvalue weighted by Gasteiger charge is -2.26. The largest absolute Gasteiger partial charge is 0.497 e. The summed E-state index contributed by atoms with van der Waals surface area (Å²) in [5, 5.41) is 5.92. The molecule has 4 rings (SSSR count). The van der Waals surface area contributed by atoms with Crippen LogP contribution < -0.4 is 9.47 Å². The quantitative estimate of drug-likeness (QED) is 0.613. The molecule has 1 heterocycles. The third-order valence-corrected chi connectivity index (χ3v) is 6.60. The molecule has 0 radical (unpaired) electrons. The van der Waals surface area contributed by atoms with Gasteiger partial charge in [-0.15, -0.1) is 0 Å². The molecule has 0 spiro atoms. The van der Waals surface area contributed by atoms with Gasteiger partial charge in [-0.2, -0.15) is 5.10 Å². The van der Waals surface area contributed by atoms with E-state index in [9.17, 15) is 14.0 Å². The van der Waals surface area contributed by atoms with E-state index < -0.39 is 11.9 Å². The minimum Gasteiger partial charge on any atom is -0.497 e. The fourth-order valence-corrected chi connectivity index (χ4v) is 4.77. The van der Waals surface area contributed by atoms with E-state index >= 15 is 0 Å². The normalized spacial score (nSPS) is 18.1. The number of hydrazone groups is 1. The van der Waals surface area contributed by atoms with Crippen molar-refractivity contribution >= 4 is 17.5 Å². The second-order valence-corrected chi connectivity index (χ2v) is 8.77. The maximum absolute atomic E-state index is 14.8. The summed E-state index contributed by atoms with van der Waals surface area (Å²) >= 11 is 0. The van der Waals surface area contributed by atoms with Gasteiger partial charge in [0.2, 0.25) is 5.91 Å². The standard InChI is InChI=1S/C26H30FN3O4/c1-29(26(32)17-8-4-5-9-17)16-25(31)30-23(19-10-6-7-11-21(19)27)15-22(28-30)20-13-12-18(33-2)14-24(20)34-3/h6-7,10-14,17,23H,4-5,8-9,15-16H2,1-3H3/t23-/m0/s1. The fourth-order valence-electron chi connectivity index (χ4n) is 4.77. The van der Waals surface area contributed by atoms with E-state index in [1.165, 1.54) is 16.0 Å². The molecule has 0 unspecified atom stereocenters. The summed E-state index contributed by atoms with van der Waals surface area (Å²) < 4.78 is 25.6. The zero-order chi connectivity index (χ0) is 24.2. The summed E-state index contributed by atoms with van der Waals surface area (Å²) in [4.78, 5) is 27.6. The van der Waals surface area contributed by atoms with Gasteiger partial charge in [0, 0.05) is 36.6 Å². The molecule has 1 aliphatic heterocycles. The van der Waals surface area contributed by atoms with E-state index in [2.05, 4.69) is 5.10 Å². The van der Waals surface area contributed by atoms with Crippen LogP contribution >= 0.6 is 0 Å². The number of carbonyl (C=O) groups is 2. The molecule has 0 N–H and O–H groups in total. The summed E-state index contributed by atoms with van der Waals surface area (Å²) in [5.74, 6) is 0.372. The molecule has 180 valence electrons. The molecule has 2 aromatic carbocycles. The first-order chi connectivity index (χ1) is 16.4. The van der Waals surface area contributed by atoms with Crippen LogP contribution in [0.3, 0.4) is 0 Å². The number of ether oxygens (including phenoxy) is 2. The van der Waals surface area contributed by atoms with E-state index in [4.69, 9.17) is 9.47 Å². The summed E-state index contributed by atoms with van der Waals surface area (Å²) in [7, 11) is 4.76. The topological polar surface area (TPSA) is 71.4 Å². The highest BCUT2D eigenvalue weighted by molar-refractivity contribution is 6.05. The number of methoxy groups -OCH3 is 2. The van der Waals surface area contributed by atoms with E-state index in [-0.39, 0.29) is 24.3 Å². The number of carbonyl (C=O) groups excluding carboxylic acids is 2. The van der Waals surface area contributed by atoms with Crippen molar-refractivity contribution in [2.75, 3.05) is 27.8 Å².